The number of aromatic amines is 1. The lowest BCUT2D eigenvalue weighted by molar-refractivity contribution is -0.119. The minimum atomic E-state index is -0.353. The molecular weight excluding hydrogens is 327 g/mol. The first-order valence-electron chi connectivity index (χ1n) is 8.23. The van der Waals surface area contributed by atoms with Crippen LogP contribution in [0.5, 0.6) is 0 Å². The highest BCUT2D eigenvalue weighted by atomic mass is 32.2. The van der Waals surface area contributed by atoms with Gasteiger partial charge in [0.1, 0.15) is 5.82 Å². The molecule has 1 heterocycles. The van der Waals surface area contributed by atoms with Gasteiger partial charge < -0.3 is 5.32 Å². The zero-order valence-corrected chi connectivity index (χ0v) is 14.4. The Morgan fingerprint density at radius 3 is 2.96 bits per heavy atom. The first-order valence-corrected chi connectivity index (χ1v) is 9.21. The third-order valence-corrected chi connectivity index (χ3v) is 5.23. The summed E-state index contributed by atoms with van der Waals surface area (Å²) in [5.74, 6) is 0.809. The van der Waals surface area contributed by atoms with Crippen LogP contribution >= 0.6 is 11.8 Å². The van der Waals surface area contributed by atoms with E-state index >= 15 is 0 Å². The standard InChI is InChI=1S/C17H21FN4OS/c1-11-6-2-5-9-14(11)19-15(23)10-24-17-20-16(21-22-17)12-7-3-4-8-13(12)18/h3-4,7-8,11,14H,2,5-6,9-10H2,1H3,(H,19,23)(H,20,21,22)/t11-,14-/m0/s1. The average molecular weight is 348 g/mol. The molecule has 0 radical (unpaired) electrons. The van der Waals surface area contributed by atoms with Gasteiger partial charge in [-0.05, 0) is 30.9 Å². The normalized spacial score (nSPS) is 20.8. The molecule has 128 valence electrons. The Labute approximate surface area is 144 Å². The van der Waals surface area contributed by atoms with Crippen molar-refractivity contribution in [2.24, 2.45) is 5.92 Å². The molecule has 0 saturated heterocycles. The smallest absolute Gasteiger partial charge is 0.230 e. The molecule has 0 aliphatic heterocycles. The lowest BCUT2D eigenvalue weighted by Crippen LogP contribution is -2.41. The maximum absolute atomic E-state index is 13.7. The number of H-pyrrole nitrogens is 1. The number of hydrogen-bond donors (Lipinski definition) is 2. The molecule has 5 nitrogen and oxygen atoms in total. The van der Waals surface area contributed by atoms with Crippen molar-refractivity contribution in [3.63, 3.8) is 0 Å². The molecular formula is C17H21FN4OS. The van der Waals surface area contributed by atoms with E-state index in [1.165, 1.54) is 37.1 Å². The van der Waals surface area contributed by atoms with Crippen molar-refractivity contribution in [3.8, 4) is 11.4 Å². The van der Waals surface area contributed by atoms with Gasteiger partial charge in [-0.2, -0.15) is 0 Å². The van der Waals surface area contributed by atoms with E-state index < -0.39 is 0 Å². The molecule has 0 spiro atoms. The summed E-state index contributed by atoms with van der Waals surface area (Å²) in [6.07, 6.45) is 4.65. The molecule has 3 rings (SSSR count). The molecule has 1 aromatic carbocycles. The Morgan fingerprint density at radius 2 is 2.17 bits per heavy atom. The van der Waals surface area contributed by atoms with E-state index in [1.807, 2.05) is 0 Å². The molecule has 1 fully saturated rings. The Balaban J connectivity index is 1.54. The van der Waals surface area contributed by atoms with Gasteiger partial charge in [-0.15, -0.1) is 5.10 Å². The summed E-state index contributed by atoms with van der Waals surface area (Å²) in [5.41, 5.74) is 0.373. The van der Waals surface area contributed by atoms with Gasteiger partial charge in [0.2, 0.25) is 11.1 Å². The second kappa shape index (κ2) is 7.79. The van der Waals surface area contributed by atoms with Gasteiger partial charge >= 0.3 is 0 Å². The van der Waals surface area contributed by atoms with Gasteiger partial charge in [-0.1, -0.05) is 43.7 Å². The number of thioether (sulfide) groups is 1. The largest absolute Gasteiger partial charge is 0.352 e. The second-order valence-corrected chi connectivity index (χ2v) is 7.11. The van der Waals surface area contributed by atoms with Gasteiger partial charge in [0, 0.05) is 6.04 Å². The predicted molar refractivity (Wildman–Crippen MR) is 92.1 cm³/mol. The highest BCUT2D eigenvalue weighted by Gasteiger charge is 2.22. The van der Waals surface area contributed by atoms with Crippen molar-refractivity contribution >= 4 is 17.7 Å². The van der Waals surface area contributed by atoms with E-state index in [9.17, 15) is 9.18 Å². The van der Waals surface area contributed by atoms with E-state index in [2.05, 4.69) is 27.4 Å². The summed E-state index contributed by atoms with van der Waals surface area (Å²) < 4.78 is 13.7. The van der Waals surface area contributed by atoms with Crippen molar-refractivity contribution < 1.29 is 9.18 Å². The molecule has 0 unspecified atom stereocenters. The van der Waals surface area contributed by atoms with Crippen LogP contribution in [0, 0.1) is 11.7 Å². The van der Waals surface area contributed by atoms with Crippen molar-refractivity contribution in [1.29, 1.82) is 0 Å². The molecule has 7 heteroatoms. The first kappa shape index (κ1) is 17.0. The third-order valence-electron chi connectivity index (χ3n) is 4.38. The number of carbonyl (C=O) groups is 1. The Bertz CT molecular complexity index is 705. The fraction of sp³-hybridized carbons (Fsp3) is 0.471. The molecule has 1 aliphatic rings. The summed E-state index contributed by atoms with van der Waals surface area (Å²) in [6, 6.07) is 6.66. The third kappa shape index (κ3) is 4.14. The quantitative estimate of drug-likeness (QED) is 0.813. The SMILES string of the molecule is C[C@H]1CCCC[C@@H]1NC(=O)CSc1n[nH]c(-c2ccccc2F)n1. The maximum Gasteiger partial charge on any atom is 0.230 e. The highest BCUT2D eigenvalue weighted by Crippen LogP contribution is 2.24. The summed E-state index contributed by atoms with van der Waals surface area (Å²) in [6.45, 7) is 2.19. The van der Waals surface area contributed by atoms with Crippen LogP contribution in [0.1, 0.15) is 32.6 Å². The highest BCUT2D eigenvalue weighted by molar-refractivity contribution is 7.99. The number of hydrogen-bond acceptors (Lipinski definition) is 4. The van der Waals surface area contributed by atoms with Crippen LogP contribution in [0.25, 0.3) is 11.4 Å². The van der Waals surface area contributed by atoms with Gasteiger partial charge in [-0.25, -0.2) is 9.37 Å². The number of nitrogens with zero attached hydrogens (tertiary/aromatic N) is 2. The number of carbonyl (C=O) groups excluding carboxylic acids is 1. The van der Waals surface area contributed by atoms with E-state index in [0.29, 0.717) is 22.5 Å². The summed E-state index contributed by atoms with van der Waals surface area (Å²) in [5, 5.41) is 10.3. The van der Waals surface area contributed by atoms with Crippen LogP contribution in [0.3, 0.4) is 0 Å². The minimum absolute atomic E-state index is 0.00371. The molecule has 1 aliphatic carbocycles. The van der Waals surface area contributed by atoms with Crippen LogP contribution in [0.15, 0.2) is 29.4 Å². The summed E-state index contributed by atoms with van der Waals surface area (Å²) in [7, 11) is 0. The molecule has 2 atom stereocenters. The number of amides is 1. The molecule has 2 N–H and O–H groups in total. The molecule has 2 aromatic rings. The summed E-state index contributed by atoms with van der Waals surface area (Å²) in [4.78, 5) is 16.4. The zero-order valence-electron chi connectivity index (χ0n) is 13.6. The van der Waals surface area contributed by atoms with Crippen LogP contribution < -0.4 is 5.32 Å². The summed E-state index contributed by atoms with van der Waals surface area (Å²) >= 11 is 1.25. The fourth-order valence-corrected chi connectivity index (χ4v) is 3.60. The van der Waals surface area contributed by atoms with Crippen LogP contribution in [0.4, 0.5) is 4.39 Å². The number of benzene rings is 1. The number of nitrogens with one attached hydrogen (secondary N) is 2. The van der Waals surface area contributed by atoms with Crippen molar-refractivity contribution in [1.82, 2.24) is 20.5 Å². The number of halogens is 1. The van der Waals surface area contributed by atoms with Gasteiger partial charge in [0.15, 0.2) is 5.82 Å². The predicted octanol–water partition coefficient (Wildman–Crippen LogP) is 3.40. The second-order valence-electron chi connectivity index (χ2n) is 6.17. The van der Waals surface area contributed by atoms with E-state index in [0.717, 1.165) is 6.42 Å². The Kier molecular flexibility index (Phi) is 5.50. The van der Waals surface area contributed by atoms with Gasteiger partial charge in [-0.3, -0.25) is 9.89 Å². The van der Waals surface area contributed by atoms with Crippen LogP contribution in [0.2, 0.25) is 0 Å². The van der Waals surface area contributed by atoms with Crippen molar-refractivity contribution in [2.75, 3.05) is 5.75 Å². The lowest BCUT2D eigenvalue weighted by Gasteiger charge is -2.29. The monoisotopic (exact) mass is 348 g/mol. The molecule has 24 heavy (non-hydrogen) atoms. The fourth-order valence-electron chi connectivity index (χ4n) is 2.99. The maximum atomic E-state index is 13.7. The molecule has 1 amide bonds. The van der Waals surface area contributed by atoms with E-state index in [4.69, 9.17) is 0 Å². The van der Waals surface area contributed by atoms with Crippen molar-refractivity contribution in [3.05, 3.63) is 30.1 Å². The Hall–Kier alpha value is -1.89. The Morgan fingerprint density at radius 1 is 1.38 bits per heavy atom. The van der Waals surface area contributed by atoms with Crippen molar-refractivity contribution in [2.45, 2.75) is 43.8 Å². The zero-order chi connectivity index (χ0) is 16.9. The molecule has 1 saturated carbocycles. The lowest BCUT2D eigenvalue weighted by atomic mass is 9.86. The minimum Gasteiger partial charge on any atom is -0.352 e. The molecule has 1 aromatic heterocycles. The number of rotatable bonds is 5. The van der Waals surface area contributed by atoms with Crippen LogP contribution in [-0.2, 0) is 4.79 Å². The first-order chi connectivity index (χ1) is 11.6. The van der Waals surface area contributed by atoms with Crippen LogP contribution in [-0.4, -0.2) is 32.9 Å². The van der Waals surface area contributed by atoms with Gasteiger partial charge in [0.25, 0.3) is 0 Å². The number of aromatic nitrogens is 3. The van der Waals surface area contributed by atoms with E-state index in [1.54, 1.807) is 18.2 Å². The average Bonchev–Trinajstić information content (AvgIpc) is 3.04. The van der Waals surface area contributed by atoms with Gasteiger partial charge in [0.05, 0.1) is 11.3 Å². The van der Waals surface area contributed by atoms with E-state index in [-0.39, 0.29) is 23.5 Å². The topological polar surface area (TPSA) is 70.7 Å². The molecule has 0 bridgehead atoms.